The number of rotatable bonds is 7. The van der Waals surface area contributed by atoms with Crippen LogP contribution in [0.1, 0.15) is 26.2 Å². The molecule has 0 radical (unpaired) electrons. The normalized spacial score (nSPS) is 15.5. The first-order valence-electron chi connectivity index (χ1n) is 9.21. The zero-order valence-electron chi connectivity index (χ0n) is 16.0. The first-order valence-corrected chi connectivity index (χ1v) is 10.0. The Balaban J connectivity index is 1.62. The molecule has 0 aliphatic carbocycles. The first kappa shape index (κ1) is 19.6. The van der Waals surface area contributed by atoms with Crippen LogP contribution >= 0.6 is 11.3 Å². The van der Waals surface area contributed by atoms with Gasteiger partial charge in [-0.05, 0) is 50.5 Å². The highest BCUT2D eigenvalue weighted by Crippen LogP contribution is 2.39. The summed E-state index contributed by atoms with van der Waals surface area (Å²) in [5.74, 6) is 1.69. The molecule has 2 heterocycles. The molecule has 1 aliphatic heterocycles. The Morgan fingerprint density at radius 1 is 1.26 bits per heavy atom. The lowest BCUT2D eigenvalue weighted by Crippen LogP contribution is -2.34. The van der Waals surface area contributed by atoms with Gasteiger partial charge in [0.25, 0.3) is 0 Å². The number of carbonyl (C=O) groups is 1. The van der Waals surface area contributed by atoms with Crippen molar-refractivity contribution in [3.05, 3.63) is 18.2 Å². The van der Waals surface area contributed by atoms with Crippen LogP contribution < -0.4 is 14.8 Å². The van der Waals surface area contributed by atoms with E-state index < -0.39 is 0 Å². The number of nitrogens with zero attached hydrogens (tertiary/aromatic N) is 3. The molecule has 1 fully saturated rings. The molecule has 27 heavy (non-hydrogen) atoms. The smallest absolute Gasteiger partial charge is 0.226 e. The minimum atomic E-state index is 0.00487. The maximum Gasteiger partial charge on any atom is 0.226 e. The van der Waals surface area contributed by atoms with Crippen LogP contribution in [0.3, 0.4) is 0 Å². The lowest BCUT2D eigenvalue weighted by Gasteiger charge is -2.30. The van der Waals surface area contributed by atoms with Crippen LogP contribution in [0.4, 0.5) is 5.13 Å². The third-order valence-corrected chi connectivity index (χ3v) is 5.81. The molecule has 146 valence electrons. The predicted molar refractivity (Wildman–Crippen MR) is 107 cm³/mol. The van der Waals surface area contributed by atoms with Crippen molar-refractivity contribution < 1.29 is 14.3 Å². The molecule has 8 heteroatoms. The van der Waals surface area contributed by atoms with Crippen molar-refractivity contribution in [2.24, 2.45) is 5.92 Å². The molecule has 0 unspecified atom stereocenters. The van der Waals surface area contributed by atoms with Gasteiger partial charge < -0.3 is 19.7 Å². The third-order valence-electron chi connectivity index (χ3n) is 4.93. The van der Waals surface area contributed by atoms with E-state index in [0.717, 1.165) is 38.0 Å². The summed E-state index contributed by atoms with van der Waals surface area (Å²) in [5.41, 5.74) is 0.793. The SMILES string of the molecule is CCN1CCC(CC(=O)Nc2nnc(-c3cccc(OC)c3OC)s2)CC1. The number of likely N-dealkylation sites (tertiary alicyclic amines) is 1. The van der Waals surface area contributed by atoms with E-state index in [1.165, 1.54) is 11.3 Å². The maximum absolute atomic E-state index is 12.4. The van der Waals surface area contributed by atoms with Crippen molar-refractivity contribution in [2.75, 3.05) is 39.2 Å². The van der Waals surface area contributed by atoms with Crippen molar-refractivity contribution in [1.29, 1.82) is 0 Å². The van der Waals surface area contributed by atoms with Gasteiger partial charge >= 0.3 is 0 Å². The Labute approximate surface area is 163 Å². The Morgan fingerprint density at radius 2 is 2.04 bits per heavy atom. The molecule has 1 saturated heterocycles. The fraction of sp³-hybridized carbons (Fsp3) is 0.526. The van der Waals surface area contributed by atoms with E-state index in [2.05, 4.69) is 27.3 Å². The van der Waals surface area contributed by atoms with Gasteiger partial charge in [-0.2, -0.15) is 0 Å². The van der Waals surface area contributed by atoms with E-state index in [-0.39, 0.29) is 5.91 Å². The number of aromatic nitrogens is 2. The first-order chi connectivity index (χ1) is 13.1. The molecule has 1 aromatic heterocycles. The zero-order chi connectivity index (χ0) is 19.2. The summed E-state index contributed by atoms with van der Waals surface area (Å²) in [7, 11) is 3.19. The molecule has 7 nitrogen and oxygen atoms in total. The van der Waals surface area contributed by atoms with Gasteiger partial charge in [-0.1, -0.05) is 24.3 Å². The lowest BCUT2D eigenvalue weighted by atomic mass is 9.93. The van der Waals surface area contributed by atoms with Crippen LogP contribution in [0.25, 0.3) is 10.6 Å². The van der Waals surface area contributed by atoms with Gasteiger partial charge in [0.2, 0.25) is 11.0 Å². The second-order valence-electron chi connectivity index (χ2n) is 6.58. The highest BCUT2D eigenvalue weighted by Gasteiger charge is 2.22. The molecule has 1 N–H and O–H groups in total. The Hall–Kier alpha value is -2.19. The van der Waals surface area contributed by atoms with E-state index >= 15 is 0 Å². The number of hydrogen-bond donors (Lipinski definition) is 1. The molecule has 0 saturated carbocycles. The third kappa shape index (κ3) is 4.75. The van der Waals surface area contributed by atoms with Gasteiger partial charge in [0.1, 0.15) is 0 Å². The van der Waals surface area contributed by atoms with Gasteiger partial charge in [-0.25, -0.2) is 0 Å². The van der Waals surface area contributed by atoms with E-state index in [1.54, 1.807) is 14.2 Å². The number of carbonyl (C=O) groups excluding carboxylic acids is 1. The number of methoxy groups -OCH3 is 2. The lowest BCUT2D eigenvalue weighted by molar-refractivity contribution is -0.117. The second kappa shape index (κ2) is 9.14. The van der Waals surface area contributed by atoms with E-state index in [1.807, 2.05) is 18.2 Å². The topological polar surface area (TPSA) is 76.6 Å². The van der Waals surface area contributed by atoms with Crippen molar-refractivity contribution in [3.8, 4) is 22.1 Å². The number of piperidine rings is 1. The number of anilines is 1. The second-order valence-corrected chi connectivity index (χ2v) is 7.56. The fourth-order valence-corrected chi connectivity index (χ4v) is 4.16. The monoisotopic (exact) mass is 390 g/mol. The summed E-state index contributed by atoms with van der Waals surface area (Å²) < 4.78 is 10.8. The zero-order valence-corrected chi connectivity index (χ0v) is 16.8. The standard InChI is InChI=1S/C19H26N4O3S/c1-4-23-10-8-13(9-11-23)12-16(24)20-19-22-21-18(27-19)14-6-5-7-15(25-2)17(14)26-3/h5-7,13H,4,8-12H2,1-3H3,(H,20,22,24). The highest BCUT2D eigenvalue weighted by molar-refractivity contribution is 7.18. The summed E-state index contributed by atoms with van der Waals surface area (Å²) >= 11 is 1.33. The fourth-order valence-electron chi connectivity index (χ4n) is 3.38. The van der Waals surface area contributed by atoms with Crippen LogP contribution in [0.15, 0.2) is 18.2 Å². The molecule has 0 spiro atoms. The van der Waals surface area contributed by atoms with Crippen LogP contribution in [0.2, 0.25) is 0 Å². The van der Waals surface area contributed by atoms with Crippen molar-refractivity contribution in [3.63, 3.8) is 0 Å². The molecule has 1 amide bonds. The van der Waals surface area contributed by atoms with Crippen molar-refractivity contribution >= 4 is 22.4 Å². The van der Waals surface area contributed by atoms with E-state index in [9.17, 15) is 4.79 Å². The minimum absolute atomic E-state index is 0.00487. The molecule has 0 bridgehead atoms. The Morgan fingerprint density at radius 3 is 2.70 bits per heavy atom. The quantitative estimate of drug-likeness (QED) is 0.782. The van der Waals surface area contributed by atoms with Crippen LogP contribution in [0.5, 0.6) is 11.5 Å². The molecular formula is C19H26N4O3S. The summed E-state index contributed by atoms with van der Waals surface area (Å²) in [6.07, 6.45) is 2.68. The average molecular weight is 391 g/mol. The average Bonchev–Trinajstić information content (AvgIpc) is 3.15. The molecule has 1 aromatic carbocycles. The van der Waals surface area contributed by atoms with Gasteiger partial charge in [0.15, 0.2) is 16.5 Å². The molecular weight excluding hydrogens is 364 g/mol. The van der Waals surface area contributed by atoms with Crippen molar-refractivity contribution in [2.45, 2.75) is 26.2 Å². The van der Waals surface area contributed by atoms with Gasteiger partial charge in [-0.15, -0.1) is 10.2 Å². The number of benzene rings is 1. The molecule has 1 aliphatic rings. The van der Waals surface area contributed by atoms with Crippen molar-refractivity contribution in [1.82, 2.24) is 15.1 Å². The predicted octanol–water partition coefficient (Wildman–Crippen LogP) is 3.28. The molecule has 2 aromatic rings. The minimum Gasteiger partial charge on any atom is -0.493 e. The number of amides is 1. The summed E-state index contributed by atoms with van der Waals surface area (Å²) in [5, 5.41) is 12.4. The number of ether oxygens (including phenoxy) is 2. The Bertz CT molecular complexity index is 772. The molecule has 0 atom stereocenters. The summed E-state index contributed by atoms with van der Waals surface area (Å²) in [4.78, 5) is 14.8. The van der Waals surface area contributed by atoms with Crippen LogP contribution in [-0.4, -0.2) is 54.9 Å². The van der Waals surface area contributed by atoms with E-state index in [0.29, 0.717) is 34.0 Å². The van der Waals surface area contributed by atoms with E-state index in [4.69, 9.17) is 9.47 Å². The maximum atomic E-state index is 12.4. The molecule has 3 rings (SSSR count). The Kier molecular flexibility index (Phi) is 6.63. The van der Waals surface area contributed by atoms with Gasteiger partial charge in [0, 0.05) is 6.42 Å². The van der Waals surface area contributed by atoms with Crippen LogP contribution in [0, 0.1) is 5.92 Å². The number of para-hydroxylation sites is 1. The summed E-state index contributed by atoms with van der Waals surface area (Å²) in [6, 6.07) is 5.60. The summed E-state index contributed by atoms with van der Waals surface area (Å²) in [6.45, 7) is 5.41. The van der Waals surface area contributed by atoms with Gasteiger partial charge in [-0.3, -0.25) is 4.79 Å². The highest BCUT2D eigenvalue weighted by atomic mass is 32.1. The number of hydrogen-bond acceptors (Lipinski definition) is 7. The largest absolute Gasteiger partial charge is 0.493 e. The van der Waals surface area contributed by atoms with Crippen LogP contribution in [-0.2, 0) is 4.79 Å². The number of nitrogens with one attached hydrogen (secondary N) is 1. The van der Waals surface area contributed by atoms with Gasteiger partial charge in [0.05, 0.1) is 19.8 Å².